The van der Waals surface area contributed by atoms with Crippen molar-refractivity contribution in [3.63, 3.8) is 0 Å². The lowest BCUT2D eigenvalue weighted by Crippen LogP contribution is -2.28. The smallest absolute Gasteiger partial charge is 0.356 e. The molecule has 190 valence electrons. The maximum absolute atomic E-state index is 11.3. The van der Waals surface area contributed by atoms with Gasteiger partial charge in [-0.05, 0) is 37.0 Å². The first-order valence-corrected chi connectivity index (χ1v) is 10.3. The number of ether oxygens (including phenoxy) is 3. The molecule has 0 aliphatic carbocycles. The molecule has 0 bridgehead atoms. The highest BCUT2D eigenvalue weighted by molar-refractivity contribution is 6.28. The van der Waals surface area contributed by atoms with E-state index in [9.17, 15) is 19.2 Å². The van der Waals surface area contributed by atoms with Gasteiger partial charge in [-0.15, -0.1) is 0 Å². The van der Waals surface area contributed by atoms with Crippen LogP contribution in [-0.4, -0.2) is 77.2 Å². The molecule has 2 atom stereocenters. The zero-order valence-electron chi connectivity index (χ0n) is 19.3. The summed E-state index contributed by atoms with van der Waals surface area (Å²) in [6, 6.07) is 1.36. The predicted molar refractivity (Wildman–Crippen MR) is 124 cm³/mol. The minimum atomic E-state index is -0.733. The number of anilines is 2. The third-order valence-corrected chi connectivity index (χ3v) is 4.22. The highest BCUT2D eigenvalue weighted by Crippen LogP contribution is 2.13. The maximum Gasteiger partial charge on any atom is 0.356 e. The Balaban J connectivity index is 0.000000351. The van der Waals surface area contributed by atoms with Crippen molar-refractivity contribution < 1.29 is 33.4 Å². The maximum atomic E-state index is 11.3. The van der Waals surface area contributed by atoms with E-state index in [4.69, 9.17) is 28.9 Å². The van der Waals surface area contributed by atoms with Gasteiger partial charge in [-0.2, -0.15) is 0 Å². The molecule has 0 saturated heterocycles. The molecule has 0 fully saturated rings. The average Bonchev–Trinajstić information content (AvgIpc) is 2.81. The van der Waals surface area contributed by atoms with Gasteiger partial charge in [0.05, 0.1) is 21.3 Å². The van der Waals surface area contributed by atoms with Crippen LogP contribution in [0.15, 0.2) is 12.1 Å². The summed E-state index contributed by atoms with van der Waals surface area (Å²) in [5.74, 6) is -1.87. The summed E-state index contributed by atoms with van der Waals surface area (Å²) in [6.07, 6.45) is 0. The molecule has 4 N–H and O–H groups in total. The van der Waals surface area contributed by atoms with E-state index >= 15 is 0 Å². The van der Waals surface area contributed by atoms with Crippen molar-refractivity contribution in [2.45, 2.75) is 25.9 Å². The van der Waals surface area contributed by atoms with Gasteiger partial charge in [0, 0.05) is 12.1 Å². The Kier molecular flexibility index (Phi) is 11.5. The number of esters is 3. The quantitative estimate of drug-likeness (QED) is 0.248. The zero-order chi connectivity index (χ0) is 26.7. The normalized spacial score (nSPS) is 11.6. The second-order valence-corrected chi connectivity index (χ2v) is 7.13. The van der Waals surface area contributed by atoms with Crippen molar-refractivity contribution in [1.29, 1.82) is 0 Å². The molecule has 0 aliphatic heterocycles. The molecule has 16 heteroatoms. The third-order valence-electron chi connectivity index (χ3n) is 3.88. The minimum absolute atomic E-state index is 0.00272. The molecular weight excluding hydrogens is 509 g/mol. The van der Waals surface area contributed by atoms with Gasteiger partial charge < -0.3 is 30.6 Å². The molecule has 0 radical (unpaired) electrons. The van der Waals surface area contributed by atoms with Crippen LogP contribution in [0.25, 0.3) is 0 Å². The highest BCUT2D eigenvalue weighted by atomic mass is 35.5. The zero-order valence-corrected chi connectivity index (χ0v) is 20.8. The van der Waals surface area contributed by atoms with Crippen LogP contribution in [0, 0.1) is 0 Å². The number of nitrogens with zero attached hydrogens (tertiary/aromatic N) is 4. The van der Waals surface area contributed by atoms with Crippen LogP contribution in [-0.2, 0) is 23.8 Å². The van der Waals surface area contributed by atoms with Gasteiger partial charge in [-0.25, -0.2) is 34.3 Å². The van der Waals surface area contributed by atoms with E-state index in [2.05, 4.69) is 44.8 Å². The van der Waals surface area contributed by atoms with Gasteiger partial charge in [0.2, 0.25) is 10.6 Å². The molecule has 35 heavy (non-hydrogen) atoms. The van der Waals surface area contributed by atoms with Crippen LogP contribution < -0.4 is 16.4 Å². The number of rotatable bonds is 8. The number of amides is 1. The Morgan fingerprint density at radius 2 is 1.17 bits per heavy atom. The second kappa shape index (κ2) is 13.8. The van der Waals surface area contributed by atoms with E-state index in [1.165, 1.54) is 33.5 Å². The fraction of sp³-hybridized carbons (Fsp3) is 0.368. The van der Waals surface area contributed by atoms with Gasteiger partial charge in [0.1, 0.15) is 29.4 Å². The van der Waals surface area contributed by atoms with Gasteiger partial charge in [-0.1, -0.05) is 0 Å². The first-order valence-electron chi connectivity index (χ1n) is 9.57. The van der Waals surface area contributed by atoms with Gasteiger partial charge in [-0.3, -0.25) is 4.79 Å². The van der Waals surface area contributed by atoms with Gasteiger partial charge in [0.15, 0.2) is 5.69 Å². The largest absolute Gasteiger partial charge is 0.467 e. The number of hydrogen-bond donors (Lipinski definition) is 3. The molecule has 2 rings (SSSR count). The summed E-state index contributed by atoms with van der Waals surface area (Å²) in [5.41, 5.74) is 5.02. The lowest BCUT2D eigenvalue weighted by atomic mass is 10.3. The topological polar surface area (TPSA) is 198 Å². The molecule has 0 saturated carbocycles. The number of halogens is 2. The molecule has 0 aromatic carbocycles. The van der Waals surface area contributed by atoms with Gasteiger partial charge >= 0.3 is 17.9 Å². The SMILES string of the molecule is COC(=O)[C@H](C)Nc1cc(C(N)=O)nc(Cl)n1.COC(=O)c1cc(N[C@@H](C)C(=O)OC)nc(Cl)n1. The molecular formula is C19H23Cl2N7O7. The van der Waals surface area contributed by atoms with E-state index in [1.54, 1.807) is 13.8 Å². The molecule has 0 spiro atoms. The molecule has 2 heterocycles. The standard InChI is InChI=1S/C10H12ClN3O4.C9H11ClN4O3/c1-5(8(15)17-2)12-7-4-6(9(16)18-3)13-10(11)14-7;1-4(8(16)17-2)12-6-3-5(7(11)15)13-9(10)14-6/h4-5H,1-3H3,(H,12,13,14);3-4H,1-2H3,(H2,11,15)(H,12,13,14)/t5-;4-/m00/s1. The number of methoxy groups -OCH3 is 3. The number of nitrogens with two attached hydrogens (primary N) is 1. The van der Waals surface area contributed by atoms with E-state index in [1.807, 2.05) is 0 Å². The predicted octanol–water partition coefficient (Wildman–Crippen LogP) is 1.09. The Hall–Kier alpha value is -3.78. The second-order valence-electron chi connectivity index (χ2n) is 6.45. The van der Waals surface area contributed by atoms with Crippen molar-refractivity contribution in [2.24, 2.45) is 5.73 Å². The summed E-state index contributed by atoms with van der Waals surface area (Å²) in [5, 5.41) is 5.18. The number of hydrogen-bond acceptors (Lipinski definition) is 13. The summed E-state index contributed by atoms with van der Waals surface area (Å²) in [4.78, 5) is 59.6. The third kappa shape index (κ3) is 9.54. The number of primary amides is 1. The summed E-state index contributed by atoms with van der Waals surface area (Å²) < 4.78 is 13.6. The molecule has 0 aliphatic rings. The van der Waals surface area contributed by atoms with E-state index in [0.717, 1.165) is 0 Å². The summed E-state index contributed by atoms with van der Waals surface area (Å²) in [7, 11) is 3.76. The lowest BCUT2D eigenvalue weighted by molar-refractivity contribution is -0.141. The Morgan fingerprint density at radius 3 is 1.54 bits per heavy atom. The Labute approximate surface area is 209 Å². The van der Waals surface area contributed by atoms with Crippen molar-refractivity contribution in [1.82, 2.24) is 19.9 Å². The van der Waals surface area contributed by atoms with Gasteiger partial charge in [0.25, 0.3) is 5.91 Å². The van der Waals surface area contributed by atoms with E-state index in [-0.39, 0.29) is 33.6 Å². The summed E-state index contributed by atoms with van der Waals surface area (Å²) >= 11 is 11.3. The van der Waals surface area contributed by atoms with Crippen molar-refractivity contribution in [3.05, 3.63) is 34.1 Å². The molecule has 2 aromatic heterocycles. The van der Waals surface area contributed by atoms with E-state index in [0.29, 0.717) is 0 Å². The Morgan fingerprint density at radius 1 is 0.771 bits per heavy atom. The number of carbonyl (C=O) groups excluding carboxylic acids is 4. The molecule has 14 nitrogen and oxygen atoms in total. The van der Waals surface area contributed by atoms with Crippen molar-refractivity contribution >= 4 is 58.7 Å². The lowest BCUT2D eigenvalue weighted by Gasteiger charge is -2.12. The molecule has 1 amide bonds. The fourth-order valence-corrected chi connectivity index (χ4v) is 2.60. The Bertz CT molecular complexity index is 1090. The van der Waals surface area contributed by atoms with Crippen LogP contribution in [0.1, 0.15) is 34.8 Å². The summed E-state index contributed by atoms with van der Waals surface area (Å²) in [6.45, 7) is 3.16. The molecule has 0 unspecified atom stereocenters. The minimum Gasteiger partial charge on any atom is -0.467 e. The van der Waals surface area contributed by atoms with Crippen LogP contribution in [0.2, 0.25) is 10.6 Å². The van der Waals surface area contributed by atoms with Crippen LogP contribution in [0.3, 0.4) is 0 Å². The number of carbonyl (C=O) groups is 4. The number of nitrogens with one attached hydrogen (secondary N) is 2. The van der Waals surface area contributed by atoms with Crippen LogP contribution in [0.5, 0.6) is 0 Å². The van der Waals surface area contributed by atoms with Crippen molar-refractivity contribution in [2.75, 3.05) is 32.0 Å². The first kappa shape index (κ1) is 29.3. The molecule has 2 aromatic rings. The van der Waals surface area contributed by atoms with E-state index < -0.39 is 35.9 Å². The monoisotopic (exact) mass is 531 g/mol. The van der Waals surface area contributed by atoms with Crippen molar-refractivity contribution in [3.8, 4) is 0 Å². The first-order chi connectivity index (χ1) is 16.4. The highest BCUT2D eigenvalue weighted by Gasteiger charge is 2.17. The average molecular weight is 532 g/mol. The van der Waals surface area contributed by atoms with Crippen LogP contribution in [0.4, 0.5) is 11.6 Å². The van der Waals surface area contributed by atoms with Crippen LogP contribution >= 0.6 is 23.2 Å². The number of aromatic nitrogens is 4. The fourth-order valence-electron chi connectivity index (χ4n) is 2.23.